The normalized spacial score (nSPS) is 17.4. The Labute approximate surface area is 143 Å². The number of aryl methyl sites for hydroxylation is 1. The van der Waals surface area contributed by atoms with Gasteiger partial charge in [-0.25, -0.2) is 8.42 Å². The number of para-hydroxylation sites is 1. The van der Waals surface area contributed by atoms with Crippen LogP contribution < -0.4 is 4.90 Å². The molecule has 0 radical (unpaired) electrons. The summed E-state index contributed by atoms with van der Waals surface area (Å²) >= 11 is 0. The minimum atomic E-state index is -3.07. The number of fused-ring (bicyclic) bond motifs is 1. The standard InChI is InChI=1S/C19H21NO3S/c1-14-7-10-16-5-3-4-6-18(16)20(14)19(21)17-11-8-15(9-12-17)13-24(2,22)23/h3-6,8-9,11-12,14H,7,10,13H2,1-2H3. The van der Waals surface area contributed by atoms with Gasteiger partial charge in [0.2, 0.25) is 0 Å². The number of amides is 1. The molecule has 1 heterocycles. The maximum atomic E-state index is 13.0. The fourth-order valence-corrected chi connectivity index (χ4v) is 3.98. The summed E-state index contributed by atoms with van der Waals surface area (Å²) in [4.78, 5) is 14.8. The summed E-state index contributed by atoms with van der Waals surface area (Å²) in [6.07, 6.45) is 3.13. The van der Waals surface area contributed by atoms with Crippen molar-refractivity contribution in [2.75, 3.05) is 11.2 Å². The van der Waals surface area contributed by atoms with Crippen LogP contribution in [0.4, 0.5) is 5.69 Å². The van der Waals surface area contributed by atoms with E-state index in [-0.39, 0.29) is 17.7 Å². The van der Waals surface area contributed by atoms with E-state index in [1.807, 2.05) is 23.1 Å². The molecule has 5 heteroatoms. The Morgan fingerprint density at radius 2 is 1.79 bits per heavy atom. The number of anilines is 1. The molecule has 4 nitrogen and oxygen atoms in total. The van der Waals surface area contributed by atoms with Gasteiger partial charge in [0.1, 0.15) is 0 Å². The lowest BCUT2D eigenvalue weighted by Gasteiger charge is -2.35. The van der Waals surface area contributed by atoms with Gasteiger partial charge in [-0.1, -0.05) is 30.3 Å². The molecule has 0 fully saturated rings. The van der Waals surface area contributed by atoms with Crippen LogP contribution >= 0.6 is 0 Å². The molecule has 3 rings (SSSR count). The molecule has 126 valence electrons. The zero-order valence-electron chi connectivity index (χ0n) is 13.9. The molecule has 2 aromatic carbocycles. The molecule has 0 aliphatic carbocycles. The van der Waals surface area contributed by atoms with Crippen molar-refractivity contribution >= 4 is 21.4 Å². The van der Waals surface area contributed by atoms with Gasteiger partial charge in [-0.05, 0) is 49.1 Å². The summed E-state index contributed by atoms with van der Waals surface area (Å²) < 4.78 is 22.7. The number of rotatable bonds is 3. The molecule has 1 amide bonds. The summed E-state index contributed by atoms with van der Waals surface area (Å²) in [6, 6.07) is 15.0. The van der Waals surface area contributed by atoms with E-state index in [1.54, 1.807) is 24.3 Å². The summed E-state index contributed by atoms with van der Waals surface area (Å²) in [7, 11) is -3.07. The van der Waals surface area contributed by atoms with Crippen molar-refractivity contribution in [3.8, 4) is 0 Å². The quantitative estimate of drug-likeness (QED) is 0.860. The molecular formula is C19H21NO3S. The Hall–Kier alpha value is -2.14. The van der Waals surface area contributed by atoms with Crippen LogP contribution in [0.2, 0.25) is 0 Å². The maximum Gasteiger partial charge on any atom is 0.258 e. The van der Waals surface area contributed by atoms with Gasteiger partial charge in [0.25, 0.3) is 5.91 Å². The fourth-order valence-electron chi connectivity index (χ4n) is 3.18. The largest absolute Gasteiger partial charge is 0.305 e. The van der Waals surface area contributed by atoms with Crippen LogP contribution in [0.25, 0.3) is 0 Å². The first-order valence-electron chi connectivity index (χ1n) is 8.03. The molecule has 24 heavy (non-hydrogen) atoms. The van der Waals surface area contributed by atoms with E-state index in [0.29, 0.717) is 11.1 Å². The molecule has 0 aromatic heterocycles. The molecule has 0 N–H and O–H groups in total. The van der Waals surface area contributed by atoms with E-state index < -0.39 is 9.84 Å². The van der Waals surface area contributed by atoms with Crippen molar-refractivity contribution in [1.82, 2.24) is 0 Å². The van der Waals surface area contributed by atoms with Gasteiger partial charge in [-0.2, -0.15) is 0 Å². The monoisotopic (exact) mass is 343 g/mol. The minimum absolute atomic E-state index is 0.00950. The van der Waals surface area contributed by atoms with Crippen LogP contribution in [-0.2, 0) is 22.0 Å². The van der Waals surface area contributed by atoms with E-state index >= 15 is 0 Å². The number of sulfone groups is 1. The molecule has 0 saturated carbocycles. The van der Waals surface area contributed by atoms with Crippen LogP contribution in [0.5, 0.6) is 0 Å². The molecule has 0 bridgehead atoms. The Morgan fingerprint density at radius 1 is 1.12 bits per heavy atom. The number of hydrogen-bond acceptors (Lipinski definition) is 3. The van der Waals surface area contributed by atoms with Crippen molar-refractivity contribution in [2.45, 2.75) is 31.6 Å². The number of nitrogens with zero attached hydrogens (tertiary/aromatic N) is 1. The minimum Gasteiger partial charge on any atom is -0.305 e. The third-order valence-corrected chi connectivity index (χ3v) is 5.23. The van der Waals surface area contributed by atoms with E-state index in [4.69, 9.17) is 0 Å². The van der Waals surface area contributed by atoms with E-state index in [0.717, 1.165) is 18.5 Å². The molecule has 0 saturated heterocycles. The van der Waals surface area contributed by atoms with Crippen molar-refractivity contribution in [3.63, 3.8) is 0 Å². The van der Waals surface area contributed by atoms with Gasteiger partial charge >= 0.3 is 0 Å². The average molecular weight is 343 g/mol. The van der Waals surface area contributed by atoms with E-state index in [2.05, 4.69) is 13.0 Å². The lowest BCUT2D eigenvalue weighted by molar-refractivity contribution is 0.0975. The van der Waals surface area contributed by atoms with Crippen molar-refractivity contribution in [3.05, 3.63) is 65.2 Å². The molecule has 1 aliphatic rings. The molecule has 2 aromatic rings. The first-order chi connectivity index (χ1) is 11.3. The second-order valence-electron chi connectivity index (χ2n) is 6.46. The van der Waals surface area contributed by atoms with Gasteiger partial charge < -0.3 is 4.90 Å². The first-order valence-corrected chi connectivity index (χ1v) is 10.1. The number of carbonyl (C=O) groups excluding carboxylic acids is 1. The predicted molar refractivity (Wildman–Crippen MR) is 96.0 cm³/mol. The third-order valence-electron chi connectivity index (χ3n) is 4.37. The lowest BCUT2D eigenvalue weighted by atomic mass is 9.95. The Kier molecular flexibility index (Phi) is 4.45. The van der Waals surface area contributed by atoms with Crippen LogP contribution in [0.15, 0.2) is 48.5 Å². The van der Waals surface area contributed by atoms with Gasteiger partial charge in [0, 0.05) is 23.5 Å². The predicted octanol–water partition coefficient (Wildman–Crippen LogP) is 3.21. The molecule has 1 aliphatic heterocycles. The zero-order chi connectivity index (χ0) is 17.3. The smallest absolute Gasteiger partial charge is 0.258 e. The summed E-state index contributed by atoms with van der Waals surface area (Å²) in [5.41, 5.74) is 3.44. The summed E-state index contributed by atoms with van der Waals surface area (Å²) in [5.74, 6) is -0.0507. The number of hydrogen-bond donors (Lipinski definition) is 0. The highest BCUT2D eigenvalue weighted by molar-refractivity contribution is 7.89. The van der Waals surface area contributed by atoms with Crippen LogP contribution in [-0.4, -0.2) is 26.6 Å². The van der Waals surface area contributed by atoms with E-state index in [1.165, 1.54) is 11.8 Å². The summed E-state index contributed by atoms with van der Waals surface area (Å²) in [5, 5.41) is 0. The highest BCUT2D eigenvalue weighted by Gasteiger charge is 2.28. The molecule has 1 atom stereocenters. The van der Waals surface area contributed by atoms with Crippen molar-refractivity contribution < 1.29 is 13.2 Å². The second-order valence-corrected chi connectivity index (χ2v) is 8.60. The van der Waals surface area contributed by atoms with Crippen LogP contribution in [0, 0.1) is 0 Å². The van der Waals surface area contributed by atoms with Gasteiger partial charge in [-0.3, -0.25) is 4.79 Å². The molecular weight excluding hydrogens is 322 g/mol. The Morgan fingerprint density at radius 3 is 2.46 bits per heavy atom. The van der Waals surface area contributed by atoms with Gasteiger partial charge in [0.15, 0.2) is 9.84 Å². The Bertz CT molecular complexity index is 856. The molecule has 1 unspecified atom stereocenters. The van der Waals surface area contributed by atoms with Crippen molar-refractivity contribution in [2.24, 2.45) is 0 Å². The Balaban J connectivity index is 1.89. The topological polar surface area (TPSA) is 54.5 Å². The number of benzene rings is 2. The fraction of sp³-hybridized carbons (Fsp3) is 0.316. The average Bonchev–Trinajstić information content (AvgIpc) is 2.53. The SMILES string of the molecule is CC1CCc2ccccc2N1C(=O)c1ccc(CS(C)(=O)=O)cc1. The highest BCUT2D eigenvalue weighted by Crippen LogP contribution is 2.31. The second kappa shape index (κ2) is 6.40. The third kappa shape index (κ3) is 3.51. The maximum absolute atomic E-state index is 13.0. The highest BCUT2D eigenvalue weighted by atomic mass is 32.2. The van der Waals surface area contributed by atoms with Gasteiger partial charge in [0.05, 0.1) is 5.75 Å². The first kappa shape index (κ1) is 16.7. The lowest BCUT2D eigenvalue weighted by Crippen LogP contribution is -2.42. The van der Waals surface area contributed by atoms with E-state index in [9.17, 15) is 13.2 Å². The summed E-state index contributed by atoms with van der Waals surface area (Å²) in [6.45, 7) is 2.06. The zero-order valence-corrected chi connectivity index (χ0v) is 14.7. The number of carbonyl (C=O) groups is 1. The van der Waals surface area contributed by atoms with Crippen LogP contribution in [0.3, 0.4) is 0 Å². The van der Waals surface area contributed by atoms with Crippen LogP contribution in [0.1, 0.15) is 34.8 Å². The van der Waals surface area contributed by atoms with Gasteiger partial charge in [-0.15, -0.1) is 0 Å². The van der Waals surface area contributed by atoms with Crippen molar-refractivity contribution in [1.29, 1.82) is 0 Å². The molecule has 0 spiro atoms.